The molecule has 0 amide bonds. The highest BCUT2D eigenvalue weighted by atomic mass is 16.5. The van der Waals surface area contributed by atoms with E-state index < -0.39 is 64.9 Å². The highest BCUT2D eigenvalue weighted by Crippen LogP contribution is 2.64. The Hall–Kier alpha value is -2.33. The number of phenolic OH excluding ortho intramolecular Hbond substituents is 2. The highest BCUT2D eigenvalue weighted by molar-refractivity contribution is 5.67. The molecular formula is C30H44O9. The first-order valence-corrected chi connectivity index (χ1v) is 13.8. The molecule has 9 nitrogen and oxygen atoms in total. The van der Waals surface area contributed by atoms with Crippen molar-refractivity contribution in [2.75, 3.05) is 0 Å². The lowest BCUT2D eigenvalue weighted by Gasteiger charge is -2.62. The van der Waals surface area contributed by atoms with Gasteiger partial charge in [-0.15, -0.1) is 0 Å². The molecule has 2 heterocycles. The number of carbonyl (C=O) groups excluding carboxylic acids is 1. The fourth-order valence-corrected chi connectivity index (χ4v) is 7.23. The van der Waals surface area contributed by atoms with E-state index in [1.54, 1.807) is 20.8 Å². The standard InChI is InChI=1S/C30H44O9/c1-9-14(2)25(37-16(4)31)15(3)17-12-18(32)22-24(35)27-29(7,39-26(22)23(17)34)11-10-20-30(27,8)19(33)13-21(38-20)28(5,6)36/h9,12,15,19-21,24-25,27,32-36H,10-11,13H2,1-8H3/b14-9+/t15?,19-,20+,21+,24+,25?,27-,29+,30-/m0/s1. The number of hydrogen-bond donors (Lipinski definition) is 5. The lowest BCUT2D eigenvalue weighted by Crippen LogP contribution is -2.68. The zero-order chi connectivity index (χ0) is 29.2. The third-order valence-corrected chi connectivity index (χ3v) is 9.59. The third-order valence-electron chi connectivity index (χ3n) is 9.59. The van der Waals surface area contributed by atoms with Crippen LogP contribution in [0.15, 0.2) is 17.7 Å². The van der Waals surface area contributed by atoms with Gasteiger partial charge >= 0.3 is 5.97 Å². The summed E-state index contributed by atoms with van der Waals surface area (Å²) in [6.45, 7) is 13.8. The zero-order valence-corrected chi connectivity index (χ0v) is 24.2. The maximum absolute atomic E-state index is 11.8. The number of aliphatic hydroxyl groups is 3. The first-order chi connectivity index (χ1) is 18.0. The maximum atomic E-state index is 11.8. The summed E-state index contributed by atoms with van der Waals surface area (Å²) in [5.41, 5.74) is -1.95. The summed E-state index contributed by atoms with van der Waals surface area (Å²) in [4.78, 5) is 11.8. The van der Waals surface area contributed by atoms with Crippen LogP contribution in [0.1, 0.15) is 97.8 Å². The molecule has 3 aliphatic rings. The van der Waals surface area contributed by atoms with Crippen LogP contribution < -0.4 is 4.74 Å². The fraction of sp³-hybridized carbons (Fsp3) is 0.700. The summed E-state index contributed by atoms with van der Waals surface area (Å²) >= 11 is 0. The molecule has 4 rings (SSSR count). The van der Waals surface area contributed by atoms with Crippen LogP contribution in [0.25, 0.3) is 0 Å². The number of rotatable bonds is 5. The minimum Gasteiger partial charge on any atom is -0.507 e. The van der Waals surface area contributed by atoms with Crippen molar-refractivity contribution in [2.24, 2.45) is 11.3 Å². The minimum atomic E-state index is -1.28. The molecular weight excluding hydrogens is 504 g/mol. The second-order valence-corrected chi connectivity index (χ2v) is 12.7. The van der Waals surface area contributed by atoms with E-state index in [0.717, 1.165) is 5.57 Å². The van der Waals surface area contributed by atoms with Crippen LogP contribution in [-0.4, -0.2) is 67.1 Å². The molecule has 9 heteroatoms. The first kappa shape index (κ1) is 29.6. The van der Waals surface area contributed by atoms with E-state index in [9.17, 15) is 30.3 Å². The predicted octanol–water partition coefficient (Wildman–Crippen LogP) is 3.99. The van der Waals surface area contributed by atoms with Gasteiger partial charge in [-0.2, -0.15) is 0 Å². The molecule has 2 unspecified atom stereocenters. The molecule has 1 aromatic carbocycles. The van der Waals surface area contributed by atoms with Crippen LogP contribution in [-0.2, 0) is 14.3 Å². The van der Waals surface area contributed by atoms with Gasteiger partial charge in [0.1, 0.15) is 17.5 Å². The minimum absolute atomic E-state index is 0.00885. The SMILES string of the molecule is C/C=C(\C)C(OC(C)=O)C(C)c1cc(O)c2c(c1O)O[C@]1(C)CC[C@H]3O[C@@H](C(C)(C)O)C[C@H](O)[C@]3(C)[C@H]1[C@@H]2O. The monoisotopic (exact) mass is 548 g/mol. The predicted molar refractivity (Wildman–Crippen MR) is 144 cm³/mol. The number of phenols is 2. The number of fused-ring (bicyclic) bond motifs is 4. The van der Waals surface area contributed by atoms with E-state index in [1.165, 1.54) is 13.0 Å². The van der Waals surface area contributed by atoms with Gasteiger partial charge in [0.25, 0.3) is 0 Å². The number of allylic oxidation sites excluding steroid dienone is 1. The van der Waals surface area contributed by atoms with Gasteiger partial charge in [0.15, 0.2) is 11.5 Å². The molecule has 1 aliphatic carbocycles. The van der Waals surface area contributed by atoms with Crippen molar-refractivity contribution in [3.05, 3.63) is 28.8 Å². The topological polar surface area (TPSA) is 146 Å². The highest BCUT2D eigenvalue weighted by Gasteiger charge is 2.66. The van der Waals surface area contributed by atoms with Gasteiger partial charge in [0, 0.05) is 36.2 Å². The van der Waals surface area contributed by atoms with E-state index in [4.69, 9.17) is 14.2 Å². The lowest BCUT2D eigenvalue weighted by molar-refractivity contribution is -0.289. The van der Waals surface area contributed by atoms with Crippen molar-refractivity contribution < 1.29 is 44.5 Å². The van der Waals surface area contributed by atoms with Gasteiger partial charge < -0.3 is 39.7 Å². The first-order valence-electron chi connectivity index (χ1n) is 13.8. The van der Waals surface area contributed by atoms with E-state index in [-0.39, 0.29) is 29.2 Å². The normalized spacial score (nSPS) is 36.1. The van der Waals surface area contributed by atoms with Gasteiger partial charge in [-0.05, 0) is 59.1 Å². The number of ether oxygens (including phenoxy) is 3. The summed E-state index contributed by atoms with van der Waals surface area (Å²) in [6.07, 6.45) is -0.945. The van der Waals surface area contributed by atoms with E-state index in [2.05, 4.69) is 0 Å². The second kappa shape index (κ2) is 9.94. The lowest BCUT2D eigenvalue weighted by atomic mass is 9.52. The number of aliphatic hydroxyl groups excluding tert-OH is 2. The smallest absolute Gasteiger partial charge is 0.303 e. The van der Waals surface area contributed by atoms with Crippen LogP contribution >= 0.6 is 0 Å². The van der Waals surface area contributed by atoms with Gasteiger partial charge in [-0.25, -0.2) is 0 Å². The average Bonchev–Trinajstić information content (AvgIpc) is 2.83. The Balaban J connectivity index is 1.78. The molecule has 39 heavy (non-hydrogen) atoms. The average molecular weight is 549 g/mol. The molecule has 1 aromatic rings. The Morgan fingerprint density at radius 1 is 1.23 bits per heavy atom. The molecule has 0 spiro atoms. The Bertz CT molecular complexity index is 1150. The number of esters is 1. The van der Waals surface area contributed by atoms with Crippen LogP contribution in [0.2, 0.25) is 0 Å². The van der Waals surface area contributed by atoms with Gasteiger partial charge in [-0.1, -0.05) is 19.9 Å². The zero-order valence-electron chi connectivity index (χ0n) is 24.2. The fourth-order valence-electron chi connectivity index (χ4n) is 7.23. The Kier molecular flexibility index (Phi) is 7.56. The molecule has 2 aliphatic heterocycles. The van der Waals surface area contributed by atoms with Crippen molar-refractivity contribution >= 4 is 5.97 Å². The van der Waals surface area contributed by atoms with Crippen LogP contribution in [0.3, 0.4) is 0 Å². The molecule has 5 N–H and O–H groups in total. The Morgan fingerprint density at radius 2 is 1.87 bits per heavy atom. The van der Waals surface area contributed by atoms with Crippen molar-refractivity contribution in [1.29, 1.82) is 0 Å². The van der Waals surface area contributed by atoms with Crippen LogP contribution in [0, 0.1) is 11.3 Å². The van der Waals surface area contributed by atoms with Crippen molar-refractivity contribution in [3.8, 4) is 17.2 Å². The van der Waals surface area contributed by atoms with Gasteiger partial charge in [-0.3, -0.25) is 4.79 Å². The van der Waals surface area contributed by atoms with Crippen molar-refractivity contribution in [2.45, 2.75) is 122 Å². The second-order valence-electron chi connectivity index (χ2n) is 12.7. The summed E-state index contributed by atoms with van der Waals surface area (Å²) in [5, 5.41) is 56.5. The quantitative estimate of drug-likeness (QED) is 0.209. The summed E-state index contributed by atoms with van der Waals surface area (Å²) in [5.74, 6) is -2.18. The van der Waals surface area contributed by atoms with E-state index >= 15 is 0 Å². The largest absolute Gasteiger partial charge is 0.507 e. The summed E-state index contributed by atoms with van der Waals surface area (Å²) in [6, 6.07) is 1.38. The van der Waals surface area contributed by atoms with Gasteiger partial charge in [0.2, 0.25) is 0 Å². The molecule has 0 radical (unpaired) electrons. The number of hydrogen-bond acceptors (Lipinski definition) is 9. The number of benzene rings is 1. The molecule has 1 saturated heterocycles. The molecule has 0 bridgehead atoms. The molecule has 9 atom stereocenters. The Labute approximate surface area is 230 Å². The Morgan fingerprint density at radius 3 is 2.44 bits per heavy atom. The van der Waals surface area contributed by atoms with Crippen LogP contribution in [0.4, 0.5) is 0 Å². The summed E-state index contributed by atoms with van der Waals surface area (Å²) in [7, 11) is 0. The van der Waals surface area contributed by atoms with Crippen LogP contribution in [0.5, 0.6) is 17.2 Å². The molecule has 0 aromatic heterocycles. The van der Waals surface area contributed by atoms with Crippen molar-refractivity contribution in [3.63, 3.8) is 0 Å². The third kappa shape index (κ3) is 4.71. The molecule has 2 fully saturated rings. The molecule has 218 valence electrons. The van der Waals surface area contributed by atoms with Gasteiger partial charge in [0.05, 0.1) is 35.6 Å². The maximum Gasteiger partial charge on any atom is 0.303 e. The molecule has 1 saturated carbocycles. The van der Waals surface area contributed by atoms with Crippen molar-refractivity contribution in [1.82, 2.24) is 0 Å². The number of aromatic hydroxyl groups is 2. The summed E-state index contributed by atoms with van der Waals surface area (Å²) < 4.78 is 18.4. The van der Waals surface area contributed by atoms with E-state index in [0.29, 0.717) is 18.4 Å². The van der Waals surface area contributed by atoms with E-state index in [1.807, 2.05) is 33.8 Å². The number of carbonyl (C=O) groups is 1.